The van der Waals surface area contributed by atoms with Gasteiger partial charge in [0.05, 0.1) is 6.42 Å². The Balaban J connectivity index is 2.00. The molecule has 2 rings (SSSR count). The lowest BCUT2D eigenvalue weighted by molar-refractivity contribution is -0.139. The molecular weight excluding hydrogens is 258 g/mol. The van der Waals surface area contributed by atoms with Crippen LogP contribution in [-0.4, -0.2) is 39.6 Å². The van der Waals surface area contributed by atoms with Crippen LogP contribution < -0.4 is 0 Å². The van der Waals surface area contributed by atoms with E-state index in [1.54, 1.807) is 35.2 Å². The first-order chi connectivity index (χ1) is 9.56. The second-order valence-electron chi connectivity index (χ2n) is 4.85. The predicted molar refractivity (Wildman–Crippen MR) is 74.1 cm³/mol. The van der Waals surface area contributed by atoms with Gasteiger partial charge in [-0.15, -0.1) is 0 Å². The Morgan fingerprint density at radius 2 is 2.00 bits per heavy atom. The van der Waals surface area contributed by atoms with Crippen molar-refractivity contribution >= 4 is 18.0 Å². The molecule has 0 bridgehead atoms. The number of phenolic OH excluding ortho intramolecular Hbond substituents is 1. The fourth-order valence-corrected chi connectivity index (χ4v) is 2.39. The molecular formula is C15H17NO4. The quantitative estimate of drug-likeness (QED) is 0.822. The van der Waals surface area contributed by atoms with Gasteiger partial charge in [0.25, 0.3) is 0 Å². The molecule has 1 aliphatic heterocycles. The Morgan fingerprint density at radius 3 is 2.65 bits per heavy atom. The SMILES string of the molecule is O=C(O)CC1CCCN1C(=O)/C=C/c1ccc(O)cc1. The summed E-state index contributed by atoms with van der Waals surface area (Å²) >= 11 is 0. The molecule has 1 atom stereocenters. The highest BCUT2D eigenvalue weighted by atomic mass is 16.4. The molecule has 1 aromatic carbocycles. The van der Waals surface area contributed by atoms with Gasteiger partial charge in [0.15, 0.2) is 0 Å². The van der Waals surface area contributed by atoms with E-state index in [2.05, 4.69) is 0 Å². The van der Waals surface area contributed by atoms with Crippen LogP contribution in [0.4, 0.5) is 0 Å². The summed E-state index contributed by atoms with van der Waals surface area (Å²) in [6.45, 7) is 0.608. The maximum atomic E-state index is 12.1. The number of aromatic hydroxyl groups is 1. The summed E-state index contributed by atoms with van der Waals surface area (Å²) < 4.78 is 0. The number of phenols is 1. The fraction of sp³-hybridized carbons (Fsp3) is 0.333. The average molecular weight is 275 g/mol. The van der Waals surface area contributed by atoms with Crippen LogP contribution in [0.25, 0.3) is 6.08 Å². The van der Waals surface area contributed by atoms with Crippen LogP contribution in [0.15, 0.2) is 30.3 Å². The minimum absolute atomic E-state index is 0.00120. The Morgan fingerprint density at radius 1 is 1.30 bits per heavy atom. The van der Waals surface area contributed by atoms with E-state index in [4.69, 9.17) is 5.11 Å². The van der Waals surface area contributed by atoms with Crippen molar-refractivity contribution in [1.29, 1.82) is 0 Å². The smallest absolute Gasteiger partial charge is 0.305 e. The number of nitrogens with zero attached hydrogens (tertiary/aromatic N) is 1. The van der Waals surface area contributed by atoms with Crippen LogP contribution in [0.3, 0.4) is 0 Å². The van der Waals surface area contributed by atoms with Gasteiger partial charge in [-0.3, -0.25) is 9.59 Å². The predicted octanol–water partition coefficient (Wildman–Crippen LogP) is 1.87. The Hall–Kier alpha value is -2.30. The van der Waals surface area contributed by atoms with Gasteiger partial charge in [0, 0.05) is 18.7 Å². The van der Waals surface area contributed by atoms with Crippen molar-refractivity contribution in [3.8, 4) is 5.75 Å². The third kappa shape index (κ3) is 3.60. The summed E-state index contributed by atoms with van der Waals surface area (Å²) in [5.74, 6) is -0.867. The van der Waals surface area contributed by atoms with E-state index in [0.29, 0.717) is 6.54 Å². The highest BCUT2D eigenvalue weighted by Crippen LogP contribution is 2.21. The minimum atomic E-state index is -0.878. The van der Waals surface area contributed by atoms with E-state index in [1.165, 1.54) is 6.08 Å². The van der Waals surface area contributed by atoms with Crippen molar-refractivity contribution in [1.82, 2.24) is 4.90 Å². The zero-order valence-corrected chi connectivity index (χ0v) is 11.0. The van der Waals surface area contributed by atoms with E-state index < -0.39 is 5.97 Å². The molecule has 5 nitrogen and oxygen atoms in total. The first-order valence-corrected chi connectivity index (χ1v) is 6.56. The maximum absolute atomic E-state index is 12.1. The van der Waals surface area contributed by atoms with Gasteiger partial charge in [-0.05, 0) is 36.6 Å². The van der Waals surface area contributed by atoms with Gasteiger partial charge < -0.3 is 15.1 Å². The van der Waals surface area contributed by atoms with Crippen molar-refractivity contribution in [2.45, 2.75) is 25.3 Å². The van der Waals surface area contributed by atoms with Crippen LogP contribution in [0, 0.1) is 0 Å². The van der Waals surface area contributed by atoms with E-state index in [0.717, 1.165) is 18.4 Å². The zero-order valence-electron chi connectivity index (χ0n) is 11.0. The molecule has 1 heterocycles. The summed E-state index contributed by atoms with van der Waals surface area (Å²) in [4.78, 5) is 24.4. The molecule has 2 N–H and O–H groups in total. The van der Waals surface area contributed by atoms with E-state index >= 15 is 0 Å². The van der Waals surface area contributed by atoms with E-state index in [9.17, 15) is 14.7 Å². The normalized spacial score (nSPS) is 18.6. The Kier molecular flexibility index (Phi) is 4.40. The molecule has 1 amide bonds. The molecule has 1 saturated heterocycles. The number of hydrogen-bond donors (Lipinski definition) is 2. The number of likely N-dealkylation sites (tertiary alicyclic amines) is 1. The van der Waals surface area contributed by atoms with Crippen LogP contribution in [0.1, 0.15) is 24.8 Å². The van der Waals surface area contributed by atoms with Crippen LogP contribution in [-0.2, 0) is 9.59 Å². The number of carbonyl (C=O) groups is 2. The number of carbonyl (C=O) groups excluding carboxylic acids is 1. The minimum Gasteiger partial charge on any atom is -0.508 e. The number of aliphatic carboxylic acids is 1. The lowest BCUT2D eigenvalue weighted by Crippen LogP contribution is -2.35. The number of hydrogen-bond acceptors (Lipinski definition) is 3. The van der Waals surface area contributed by atoms with Gasteiger partial charge in [-0.1, -0.05) is 12.1 Å². The third-order valence-corrected chi connectivity index (χ3v) is 3.38. The molecule has 5 heteroatoms. The standard InChI is InChI=1S/C15H17NO4/c17-13-6-3-11(4-7-13)5-8-14(18)16-9-1-2-12(16)10-15(19)20/h3-8,12,17H,1-2,9-10H2,(H,19,20)/b8-5+. The lowest BCUT2D eigenvalue weighted by Gasteiger charge is -2.21. The van der Waals surface area contributed by atoms with E-state index in [1.807, 2.05) is 0 Å². The first kappa shape index (κ1) is 14.1. The van der Waals surface area contributed by atoms with Gasteiger partial charge in [-0.2, -0.15) is 0 Å². The average Bonchev–Trinajstić information content (AvgIpc) is 2.85. The summed E-state index contributed by atoms with van der Waals surface area (Å²) in [7, 11) is 0. The second-order valence-corrected chi connectivity index (χ2v) is 4.85. The van der Waals surface area contributed by atoms with Crippen molar-refractivity contribution in [3.05, 3.63) is 35.9 Å². The molecule has 1 fully saturated rings. The number of benzene rings is 1. The largest absolute Gasteiger partial charge is 0.508 e. The van der Waals surface area contributed by atoms with Crippen molar-refractivity contribution in [3.63, 3.8) is 0 Å². The van der Waals surface area contributed by atoms with Crippen molar-refractivity contribution in [2.24, 2.45) is 0 Å². The highest BCUT2D eigenvalue weighted by Gasteiger charge is 2.28. The summed E-state index contributed by atoms with van der Waals surface area (Å²) in [6, 6.07) is 6.31. The van der Waals surface area contributed by atoms with Gasteiger partial charge >= 0.3 is 5.97 Å². The molecule has 0 aromatic heterocycles. The fourth-order valence-electron chi connectivity index (χ4n) is 2.39. The second kappa shape index (κ2) is 6.23. The monoisotopic (exact) mass is 275 g/mol. The van der Waals surface area contributed by atoms with Gasteiger partial charge in [0.1, 0.15) is 5.75 Å². The number of carboxylic acids is 1. The molecule has 0 saturated carbocycles. The molecule has 0 spiro atoms. The van der Waals surface area contributed by atoms with Crippen molar-refractivity contribution < 1.29 is 19.8 Å². The molecule has 0 aliphatic carbocycles. The number of rotatable bonds is 4. The molecule has 1 aliphatic rings. The Bertz CT molecular complexity index is 521. The first-order valence-electron chi connectivity index (χ1n) is 6.56. The lowest BCUT2D eigenvalue weighted by atomic mass is 10.1. The summed E-state index contributed by atoms with van der Waals surface area (Å²) in [6.07, 6.45) is 4.70. The zero-order chi connectivity index (χ0) is 14.5. The van der Waals surface area contributed by atoms with Crippen LogP contribution >= 0.6 is 0 Å². The summed E-state index contributed by atoms with van der Waals surface area (Å²) in [5.41, 5.74) is 0.810. The topological polar surface area (TPSA) is 77.8 Å². The third-order valence-electron chi connectivity index (χ3n) is 3.38. The van der Waals surface area contributed by atoms with E-state index in [-0.39, 0.29) is 24.1 Å². The molecule has 0 radical (unpaired) electrons. The summed E-state index contributed by atoms with van der Waals surface area (Å²) in [5, 5.41) is 18.0. The van der Waals surface area contributed by atoms with Gasteiger partial charge in [0.2, 0.25) is 5.91 Å². The molecule has 1 aromatic rings. The number of carboxylic acid groups (broad SMARTS) is 1. The molecule has 106 valence electrons. The molecule has 1 unspecified atom stereocenters. The van der Waals surface area contributed by atoms with Crippen molar-refractivity contribution in [2.75, 3.05) is 6.54 Å². The molecule has 20 heavy (non-hydrogen) atoms. The highest BCUT2D eigenvalue weighted by molar-refractivity contribution is 5.92. The number of amides is 1. The van der Waals surface area contributed by atoms with Crippen LogP contribution in [0.2, 0.25) is 0 Å². The maximum Gasteiger partial charge on any atom is 0.305 e. The van der Waals surface area contributed by atoms with Crippen LogP contribution in [0.5, 0.6) is 5.75 Å². The van der Waals surface area contributed by atoms with Gasteiger partial charge in [-0.25, -0.2) is 0 Å². The Labute approximate surface area is 117 Å².